The second kappa shape index (κ2) is 12.5. The van der Waals surface area contributed by atoms with Gasteiger partial charge in [-0.2, -0.15) is 5.10 Å². The predicted molar refractivity (Wildman–Crippen MR) is 130 cm³/mol. The lowest BCUT2D eigenvalue weighted by Crippen LogP contribution is -2.39. The van der Waals surface area contributed by atoms with E-state index in [1.54, 1.807) is 24.6 Å². The number of nitrogens with two attached hydrogens (primary N) is 1. The Kier molecular flexibility index (Phi) is 10.0. The van der Waals surface area contributed by atoms with Gasteiger partial charge >= 0.3 is 0 Å². The number of sulfonamides is 1. The highest BCUT2D eigenvalue weighted by atomic mass is 127. The number of hydrogen-bond acceptors (Lipinski definition) is 5. The van der Waals surface area contributed by atoms with Gasteiger partial charge < -0.3 is 15.1 Å². The summed E-state index contributed by atoms with van der Waals surface area (Å²) in [5.41, 5.74) is 0.881. The fraction of sp³-hybridized carbons (Fsp3) is 0.300. The first-order valence-corrected chi connectivity index (χ1v) is 11.2. The van der Waals surface area contributed by atoms with Crippen molar-refractivity contribution >= 4 is 40.0 Å². The van der Waals surface area contributed by atoms with E-state index >= 15 is 0 Å². The Balaban J connectivity index is 0.00000341. The van der Waals surface area contributed by atoms with Crippen LogP contribution in [0.2, 0.25) is 0 Å². The Hall–Kier alpha value is -2.38. The van der Waals surface area contributed by atoms with Crippen molar-refractivity contribution in [2.45, 2.75) is 30.8 Å². The molecule has 3 rings (SSSR count). The smallest absolute Gasteiger partial charge is 0.238 e. The molecule has 3 aromatic rings. The summed E-state index contributed by atoms with van der Waals surface area (Å²) < 4.78 is 30.0. The molecule has 0 aliphatic rings. The molecule has 0 spiro atoms. The standard InChI is InChI=1S/C20H26N6O3S.HI/c21-30(27,28)19-7-5-17(6-8-19)16-24-20(23-12-9-18-4-1-15-29-18)22-10-2-13-26-14-3-11-25-26;/h1,3-8,11,14-15H,2,9-10,12-13,16H2,(H2,21,27,28)(H2,22,23,24);1H. The first kappa shape index (κ1) is 24.9. The molecule has 31 heavy (non-hydrogen) atoms. The number of benzene rings is 1. The third-order valence-corrected chi connectivity index (χ3v) is 5.26. The molecule has 0 fully saturated rings. The minimum absolute atomic E-state index is 0. The third kappa shape index (κ3) is 8.71. The Morgan fingerprint density at radius 2 is 1.90 bits per heavy atom. The number of nitrogens with zero attached hydrogens (tertiary/aromatic N) is 3. The molecule has 0 amide bonds. The number of nitrogens with one attached hydrogen (secondary N) is 2. The zero-order valence-electron chi connectivity index (χ0n) is 17.0. The van der Waals surface area contributed by atoms with E-state index in [4.69, 9.17) is 9.56 Å². The van der Waals surface area contributed by atoms with E-state index in [1.807, 2.05) is 29.1 Å². The molecule has 0 bridgehead atoms. The molecule has 2 heterocycles. The van der Waals surface area contributed by atoms with Gasteiger partial charge in [0, 0.05) is 38.4 Å². The number of hydrogen-bond donors (Lipinski definition) is 3. The Morgan fingerprint density at radius 3 is 2.55 bits per heavy atom. The summed E-state index contributed by atoms with van der Waals surface area (Å²) in [6.07, 6.45) is 6.98. The maximum Gasteiger partial charge on any atom is 0.238 e. The fourth-order valence-corrected chi connectivity index (χ4v) is 3.28. The molecule has 9 nitrogen and oxygen atoms in total. The highest BCUT2D eigenvalue weighted by Crippen LogP contribution is 2.09. The maximum absolute atomic E-state index is 11.4. The van der Waals surface area contributed by atoms with Crippen LogP contribution in [0.1, 0.15) is 17.7 Å². The quantitative estimate of drug-likeness (QED) is 0.151. The summed E-state index contributed by atoms with van der Waals surface area (Å²) in [6, 6.07) is 12.1. The topological polar surface area (TPSA) is 128 Å². The van der Waals surface area contributed by atoms with Gasteiger partial charge in [-0.3, -0.25) is 4.68 Å². The number of primary sulfonamides is 1. The summed E-state index contributed by atoms with van der Waals surface area (Å²) in [7, 11) is -3.69. The molecule has 0 saturated heterocycles. The third-order valence-electron chi connectivity index (χ3n) is 4.33. The fourth-order valence-electron chi connectivity index (χ4n) is 2.77. The van der Waals surface area contributed by atoms with Crippen LogP contribution in [-0.2, 0) is 29.5 Å². The zero-order valence-corrected chi connectivity index (χ0v) is 20.1. The number of aryl methyl sites for hydroxylation is 1. The maximum atomic E-state index is 11.4. The summed E-state index contributed by atoms with van der Waals surface area (Å²) in [5.74, 6) is 1.58. The number of furan rings is 1. The van der Waals surface area contributed by atoms with E-state index in [0.717, 1.165) is 37.3 Å². The molecule has 0 saturated carbocycles. The van der Waals surface area contributed by atoms with Crippen molar-refractivity contribution in [1.82, 2.24) is 20.4 Å². The number of aromatic nitrogens is 2. The SMILES string of the molecule is I.NS(=O)(=O)c1ccc(CN=C(NCCCn2cccn2)NCCc2ccco2)cc1. The number of rotatable bonds is 10. The second-order valence-corrected chi connectivity index (χ2v) is 8.22. The molecular weight excluding hydrogens is 531 g/mol. The first-order valence-electron chi connectivity index (χ1n) is 9.64. The Bertz CT molecular complexity index is 1020. The van der Waals surface area contributed by atoms with Gasteiger partial charge in [-0.15, -0.1) is 24.0 Å². The van der Waals surface area contributed by atoms with Crippen molar-refractivity contribution in [3.05, 3.63) is 72.4 Å². The first-order chi connectivity index (χ1) is 14.5. The number of aliphatic imine (C=N–C) groups is 1. The summed E-state index contributed by atoms with van der Waals surface area (Å²) >= 11 is 0. The molecule has 168 valence electrons. The molecule has 1 aromatic carbocycles. The van der Waals surface area contributed by atoms with Crippen LogP contribution in [0.15, 0.2) is 75.4 Å². The normalized spacial score (nSPS) is 11.7. The molecule has 0 aliphatic heterocycles. The van der Waals surface area contributed by atoms with Crippen LogP contribution >= 0.6 is 24.0 Å². The van der Waals surface area contributed by atoms with E-state index in [9.17, 15) is 8.42 Å². The molecule has 0 aliphatic carbocycles. The molecule has 0 atom stereocenters. The van der Waals surface area contributed by atoms with E-state index < -0.39 is 10.0 Å². The summed E-state index contributed by atoms with van der Waals surface area (Å²) in [4.78, 5) is 4.69. The van der Waals surface area contributed by atoms with Gasteiger partial charge in [0.25, 0.3) is 0 Å². The summed E-state index contributed by atoms with van der Waals surface area (Å²) in [6.45, 7) is 2.62. The van der Waals surface area contributed by atoms with E-state index in [1.165, 1.54) is 12.1 Å². The molecule has 4 N–H and O–H groups in total. The van der Waals surface area contributed by atoms with Crippen LogP contribution < -0.4 is 15.8 Å². The largest absolute Gasteiger partial charge is 0.469 e. The van der Waals surface area contributed by atoms with Crippen LogP contribution in [0.4, 0.5) is 0 Å². The Morgan fingerprint density at radius 1 is 1.13 bits per heavy atom. The van der Waals surface area contributed by atoms with E-state index in [-0.39, 0.29) is 28.9 Å². The zero-order chi connectivity index (χ0) is 21.2. The van der Waals surface area contributed by atoms with Crippen molar-refractivity contribution in [2.24, 2.45) is 10.1 Å². The van der Waals surface area contributed by atoms with Crippen molar-refractivity contribution in [3.8, 4) is 0 Å². The van der Waals surface area contributed by atoms with Crippen molar-refractivity contribution in [1.29, 1.82) is 0 Å². The number of halogens is 1. The van der Waals surface area contributed by atoms with Gasteiger partial charge in [0.15, 0.2) is 5.96 Å². The lowest BCUT2D eigenvalue weighted by molar-refractivity contribution is 0.506. The van der Waals surface area contributed by atoms with Crippen LogP contribution in [0, 0.1) is 0 Å². The highest BCUT2D eigenvalue weighted by Gasteiger charge is 2.07. The van der Waals surface area contributed by atoms with Crippen molar-refractivity contribution in [3.63, 3.8) is 0 Å². The van der Waals surface area contributed by atoms with Gasteiger partial charge in [0.1, 0.15) is 5.76 Å². The van der Waals surface area contributed by atoms with Gasteiger partial charge in [0.05, 0.1) is 17.7 Å². The molecule has 2 aromatic heterocycles. The monoisotopic (exact) mass is 558 g/mol. The molecular formula is C20H27IN6O3S. The Labute approximate surface area is 199 Å². The average molecular weight is 558 g/mol. The van der Waals surface area contributed by atoms with E-state index in [0.29, 0.717) is 19.0 Å². The van der Waals surface area contributed by atoms with Gasteiger partial charge in [-0.1, -0.05) is 12.1 Å². The van der Waals surface area contributed by atoms with Crippen molar-refractivity contribution in [2.75, 3.05) is 13.1 Å². The van der Waals surface area contributed by atoms with Crippen LogP contribution in [0.25, 0.3) is 0 Å². The van der Waals surface area contributed by atoms with Gasteiger partial charge in [-0.25, -0.2) is 18.5 Å². The highest BCUT2D eigenvalue weighted by molar-refractivity contribution is 14.0. The molecule has 11 heteroatoms. The predicted octanol–water partition coefficient (Wildman–Crippen LogP) is 2.11. The van der Waals surface area contributed by atoms with Crippen LogP contribution in [0.3, 0.4) is 0 Å². The molecule has 0 unspecified atom stereocenters. The minimum atomic E-state index is -3.69. The second-order valence-electron chi connectivity index (χ2n) is 6.66. The van der Waals surface area contributed by atoms with Crippen molar-refractivity contribution < 1.29 is 12.8 Å². The van der Waals surface area contributed by atoms with Gasteiger partial charge in [0.2, 0.25) is 10.0 Å². The summed E-state index contributed by atoms with van der Waals surface area (Å²) in [5, 5.41) is 15.9. The molecule has 0 radical (unpaired) electrons. The average Bonchev–Trinajstić information content (AvgIpc) is 3.42. The number of guanidine groups is 1. The minimum Gasteiger partial charge on any atom is -0.469 e. The lowest BCUT2D eigenvalue weighted by atomic mass is 10.2. The lowest BCUT2D eigenvalue weighted by Gasteiger charge is -2.12. The van der Waals surface area contributed by atoms with Crippen LogP contribution in [-0.4, -0.2) is 37.2 Å². The van der Waals surface area contributed by atoms with Crippen LogP contribution in [0.5, 0.6) is 0 Å². The van der Waals surface area contributed by atoms with Gasteiger partial charge in [-0.05, 0) is 42.3 Å². The van der Waals surface area contributed by atoms with E-state index in [2.05, 4.69) is 20.7 Å².